The number of carbonyl (C=O) groups is 1. The summed E-state index contributed by atoms with van der Waals surface area (Å²) < 4.78 is 6.21. The average Bonchev–Trinajstić information content (AvgIpc) is 3.24. The van der Waals surface area contributed by atoms with E-state index >= 15 is 0 Å². The van der Waals surface area contributed by atoms with E-state index < -0.39 is 6.10 Å². The standard InChI is InChI=1S/C19H27NO3/c1-14(21)16-11-12-20(13-16)19(22)18(15-7-3-2-4-8-15)23-17-9-5-6-10-17/h2-4,7-8,14,16-18,21H,5-6,9-13H2,1H3. The molecule has 0 spiro atoms. The molecular formula is C19H27NO3. The predicted octanol–water partition coefficient (Wildman–Crippen LogP) is 2.92. The summed E-state index contributed by atoms with van der Waals surface area (Å²) in [5.41, 5.74) is 0.935. The van der Waals surface area contributed by atoms with Gasteiger partial charge in [0.15, 0.2) is 6.10 Å². The van der Waals surface area contributed by atoms with Crippen LogP contribution in [0, 0.1) is 5.92 Å². The van der Waals surface area contributed by atoms with Gasteiger partial charge in [0.25, 0.3) is 5.91 Å². The number of carbonyl (C=O) groups excluding carboxylic acids is 1. The van der Waals surface area contributed by atoms with Crippen molar-refractivity contribution in [3.05, 3.63) is 35.9 Å². The van der Waals surface area contributed by atoms with Gasteiger partial charge in [-0.3, -0.25) is 4.79 Å². The Labute approximate surface area is 138 Å². The van der Waals surface area contributed by atoms with Crippen LogP contribution in [0.25, 0.3) is 0 Å². The van der Waals surface area contributed by atoms with Crippen molar-refractivity contribution in [2.24, 2.45) is 5.92 Å². The van der Waals surface area contributed by atoms with Gasteiger partial charge in [0, 0.05) is 19.0 Å². The second-order valence-electron chi connectivity index (χ2n) is 6.91. The van der Waals surface area contributed by atoms with Gasteiger partial charge in [-0.15, -0.1) is 0 Å². The molecule has 4 nitrogen and oxygen atoms in total. The molecule has 1 aliphatic carbocycles. The third kappa shape index (κ3) is 3.93. The summed E-state index contributed by atoms with van der Waals surface area (Å²) >= 11 is 0. The highest BCUT2D eigenvalue weighted by Crippen LogP contribution is 2.31. The zero-order chi connectivity index (χ0) is 16.2. The molecule has 1 saturated heterocycles. The molecule has 1 aromatic carbocycles. The predicted molar refractivity (Wildman–Crippen MR) is 88.9 cm³/mol. The van der Waals surface area contributed by atoms with Gasteiger partial charge in [0.2, 0.25) is 0 Å². The minimum Gasteiger partial charge on any atom is -0.393 e. The van der Waals surface area contributed by atoms with Gasteiger partial charge in [0.1, 0.15) is 0 Å². The Kier molecular flexibility index (Phi) is 5.34. The van der Waals surface area contributed by atoms with Crippen LogP contribution in [0.5, 0.6) is 0 Å². The number of hydrogen-bond donors (Lipinski definition) is 1. The van der Waals surface area contributed by atoms with Crippen LogP contribution in [0.4, 0.5) is 0 Å². The minimum atomic E-state index is -0.507. The minimum absolute atomic E-state index is 0.0475. The fourth-order valence-electron chi connectivity index (χ4n) is 3.67. The van der Waals surface area contributed by atoms with Crippen LogP contribution in [0.3, 0.4) is 0 Å². The summed E-state index contributed by atoms with van der Waals surface area (Å²) in [6.07, 6.45) is 4.67. The number of benzene rings is 1. The Morgan fingerprint density at radius 2 is 1.91 bits per heavy atom. The molecule has 1 N–H and O–H groups in total. The Bertz CT molecular complexity index is 511. The van der Waals surface area contributed by atoms with Crippen molar-refractivity contribution in [1.29, 1.82) is 0 Å². The smallest absolute Gasteiger partial charge is 0.256 e. The lowest BCUT2D eigenvalue weighted by Crippen LogP contribution is -2.36. The van der Waals surface area contributed by atoms with E-state index in [4.69, 9.17) is 4.74 Å². The molecule has 3 rings (SSSR count). The number of aliphatic hydroxyl groups excluding tert-OH is 1. The second-order valence-corrected chi connectivity index (χ2v) is 6.91. The van der Waals surface area contributed by atoms with Gasteiger partial charge >= 0.3 is 0 Å². The van der Waals surface area contributed by atoms with Gasteiger partial charge in [-0.05, 0) is 31.7 Å². The number of nitrogens with zero attached hydrogens (tertiary/aromatic N) is 1. The molecular weight excluding hydrogens is 290 g/mol. The maximum absolute atomic E-state index is 13.0. The van der Waals surface area contributed by atoms with Gasteiger partial charge in [0.05, 0.1) is 12.2 Å². The first-order valence-electron chi connectivity index (χ1n) is 8.82. The molecule has 126 valence electrons. The normalized spacial score (nSPS) is 24.8. The van der Waals surface area contributed by atoms with Crippen LogP contribution >= 0.6 is 0 Å². The molecule has 1 heterocycles. The lowest BCUT2D eigenvalue weighted by atomic mass is 10.0. The Morgan fingerprint density at radius 1 is 1.22 bits per heavy atom. The molecule has 0 aromatic heterocycles. The summed E-state index contributed by atoms with van der Waals surface area (Å²) in [4.78, 5) is 14.9. The first-order valence-corrected chi connectivity index (χ1v) is 8.82. The topological polar surface area (TPSA) is 49.8 Å². The van der Waals surface area contributed by atoms with E-state index in [2.05, 4.69) is 0 Å². The van der Waals surface area contributed by atoms with E-state index in [0.29, 0.717) is 13.1 Å². The molecule has 2 aliphatic rings. The monoisotopic (exact) mass is 317 g/mol. The molecule has 4 heteroatoms. The number of rotatable bonds is 5. The molecule has 23 heavy (non-hydrogen) atoms. The van der Waals surface area contributed by atoms with E-state index in [1.165, 1.54) is 12.8 Å². The van der Waals surface area contributed by atoms with Crippen LogP contribution < -0.4 is 0 Å². The molecule has 0 bridgehead atoms. The third-order valence-electron chi connectivity index (χ3n) is 5.18. The van der Waals surface area contributed by atoms with Gasteiger partial charge in [-0.25, -0.2) is 0 Å². The van der Waals surface area contributed by atoms with E-state index in [9.17, 15) is 9.90 Å². The Balaban J connectivity index is 1.73. The maximum atomic E-state index is 13.0. The van der Waals surface area contributed by atoms with Crippen LogP contribution in [0.15, 0.2) is 30.3 Å². The lowest BCUT2D eigenvalue weighted by Gasteiger charge is -2.27. The fraction of sp³-hybridized carbons (Fsp3) is 0.632. The van der Waals surface area contributed by atoms with Crippen molar-refractivity contribution >= 4 is 5.91 Å². The number of amides is 1. The summed E-state index contributed by atoms with van der Waals surface area (Å²) in [7, 11) is 0. The van der Waals surface area contributed by atoms with Crippen molar-refractivity contribution in [3.8, 4) is 0 Å². The zero-order valence-corrected chi connectivity index (χ0v) is 13.9. The SMILES string of the molecule is CC(O)C1CCN(C(=O)C(OC2CCCC2)c2ccccc2)C1. The van der Waals surface area contributed by atoms with Crippen molar-refractivity contribution < 1.29 is 14.6 Å². The summed E-state index contributed by atoms with van der Waals surface area (Å²) in [5, 5.41) is 9.77. The van der Waals surface area contributed by atoms with Gasteiger partial charge in [-0.2, -0.15) is 0 Å². The van der Waals surface area contributed by atoms with Crippen molar-refractivity contribution in [1.82, 2.24) is 4.90 Å². The quantitative estimate of drug-likeness (QED) is 0.908. The zero-order valence-electron chi connectivity index (χ0n) is 13.9. The summed E-state index contributed by atoms with van der Waals surface area (Å²) in [6, 6.07) is 9.81. The fourth-order valence-corrected chi connectivity index (χ4v) is 3.67. The summed E-state index contributed by atoms with van der Waals surface area (Å²) in [6.45, 7) is 3.15. The Morgan fingerprint density at radius 3 is 2.52 bits per heavy atom. The highest BCUT2D eigenvalue weighted by atomic mass is 16.5. The number of aliphatic hydroxyl groups is 1. The summed E-state index contributed by atoms with van der Waals surface area (Å²) in [5.74, 6) is 0.230. The molecule has 1 saturated carbocycles. The molecule has 0 radical (unpaired) electrons. The molecule has 3 atom stereocenters. The van der Waals surface area contributed by atoms with E-state index in [1.807, 2.05) is 42.2 Å². The maximum Gasteiger partial charge on any atom is 0.256 e. The second kappa shape index (κ2) is 7.45. The third-order valence-corrected chi connectivity index (χ3v) is 5.18. The van der Waals surface area contributed by atoms with Crippen LogP contribution in [-0.2, 0) is 9.53 Å². The van der Waals surface area contributed by atoms with Crippen LogP contribution in [-0.4, -0.2) is 41.2 Å². The molecule has 1 aliphatic heterocycles. The highest BCUT2D eigenvalue weighted by molar-refractivity contribution is 5.82. The van der Waals surface area contributed by atoms with Crippen LogP contribution in [0.2, 0.25) is 0 Å². The largest absolute Gasteiger partial charge is 0.393 e. The van der Waals surface area contributed by atoms with Crippen molar-refractivity contribution in [2.45, 2.75) is 57.3 Å². The number of likely N-dealkylation sites (tertiary alicyclic amines) is 1. The van der Waals surface area contributed by atoms with Gasteiger partial charge in [-0.1, -0.05) is 43.2 Å². The van der Waals surface area contributed by atoms with E-state index in [1.54, 1.807) is 0 Å². The number of ether oxygens (including phenoxy) is 1. The van der Waals surface area contributed by atoms with E-state index in [-0.39, 0.29) is 24.0 Å². The molecule has 3 unspecified atom stereocenters. The highest BCUT2D eigenvalue weighted by Gasteiger charge is 2.35. The van der Waals surface area contributed by atoms with Crippen LogP contribution in [0.1, 0.15) is 50.7 Å². The molecule has 1 amide bonds. The first kappa shape index (κ1) is 16.5. The van der Waals surface area contributed by atoms with Crippen molar-refractivity contribution in [3.63, 3.8) is 0 Å². The van der Waals surface area contributed by atoms with Crippen molar-refractivity contribution in [2.75, 3.05) is 13.1 Å². The average molecular weight is 317 g/mol. The first-order chi connectivity index (χ1) is 11.1. The van der Waals surface area contributed by atoms with Gasteiger partial charge < -0.3 is 14.7 Å². The Hall–Kier alpha value is -1.39. The molecule has 1 aromatic rings. The molecule has 2 fully saturated rings. The van der Waals surface area contributed by atoms with E-state index in [0.717, 1.165) is 24.8 Å². The number of hydrogen-bond acceptors (Lipinski definition) is 3. The lowest BCUT2D eigenvalue weighted by molar-refractivity contribution is -0.147.